The molecule has 0 unspecified atom stereocenters. The van der Waals surface area contributed by atoms with Crippen molar-refractivity contribution in [2.75, 3.05) is 0 Å². The van der Waals surface area contributed by atoms with Crippen molar-refractivity contribution < 1.29 is 13.9 Å². The van der Waals surface area contributed by atoms with Crippen LogP contribution in [0.3, 0.4) is 0 Å². The van der Waals surface area contributed by atoms with E-state index in [2.05, 4.69) is 4.99 Å². The molecule has 1 aromatic carbocycles. The van der Waals surface area contributed by atoms with E-state index in [0.717, 1.165) is 5.56 Å². The van der Waals surface area contributed by atoms with Crippen molar-refractivity contribution in [3.63, 3.8) is 0 Å². The molecule has 98 valence electrons. The first kappa shape index (κ1) is 12.2. The molecule has 0 spiro atoms. The van der Waals surface area contributed by atoms with E-state index in [1.165, 1.54) is 6.26 Å². The second kappa shape index (κ2) is 5.40. The van der Waals surface area contributed by atoms with Gasteiger partial charge in [-0.25, -0.2) is 9.79 Å². The average Bonchev–Trinajstić information content (AvgIpc) is 3.10. The highest BCUT2D eigenvalue weighted by Crippen LogP contribution is 2.16. The van der Waals surface area contributed by atoms with Crippen LogP contribution in [-0.2, 0) is 9.53 Å². The van der Waals surface area contributed by atoms with Crippen LogP contribution in [0.25, 0.3) is 6.08 Å². The van der Waals surface area contributed by atoms with Crippen LogP contribution < -0.4 is 0 Å². The third-order valence-corrected chi connectivity index (χ3v) is 2.69. The number of hydrogen-bond acceptors (Lipinski definition) is 4. The lowest BCUT2D eigenvalue weighted by Gasteiger charge is -1.91. The largest absolute Gasteiger partial charge is 0.459 e. The minimum absolute atomic E-state index is 0.194. The number of esters is 1. The van der Waals surface area contributed by atoms with Gasteiger partial charge in [0.25, 0.3) is 5.90 Å². The molecule has 1 aliphatic rings. The van der Waals surface area contributed by atoms with Gasteiger partial charge in [0, 0.05) is 0 Å². The lowest BCUT2D eigenvalue weighted by atomic mass is 10.2. The van der Waals surface area contributed by atoms with Crippen molar-refractivity contribution in [3.05, 3.63) is 77.9 Å². The maximum absolute atomic E-state index is 11.6. The summed E-state index contributed by atoms with van der Waals surface area (Å²) < 4.78 is 10.2. The van der Waals surface area contributed by atoms with Crippen LogP contribution in [-0.4, -0.2) is 11.9 Å². The molecule has 0 amide bonds. The van der Waals surface area contributed by atoms with Gasteiger partial charge in [0.05, 0.1) is 6.26 Å². The molecular formula is C16H11NO3. The van der Waals surface area contributed by atoms with Crippen molar-refractivity contribution in [2.45, 2.75) is 0 Å². The maximum Gasteiger partial charge on any atom is 0.363 e. The van der Waals surface area contributed by atoms with Crippen molar-refractivity contribution in [3.8, 4) is 0 Å². The summed E-state index contributed by atoms with van der Waals surface area (Å²) in [5.74, 6) is 0.155. The van der Waals surface area contributed by atoms with Gasteiger partial charge < -0.3 is 9.15 Å². The Bertz CT molecular complexity index is 695. The predicted molar refractivity (Wildman–Crippen MR) is 74.9 cm³/mol. The van der Waals surface area contributed by atoms with Crippen LogP contribution in [0.1, 0.15) is 11.3 Å². The molecular weight excluding hydrogens is 254 g/mol. The maximum atomic E-state index is 11.6. The Morgan fingerprint density at radius 3 is 2.65 bits per heavy atom. The Kier molecular flexibility index (Phi) is 3.29. The molecule has 0 fully saturated rings. The standard InChI is InChI=1S/C16H11NO3/c18-16-13(9-4-8-12-6-2-1-3-7-12)17-15(20-16)14-10-5-11-19-14/h1-11H/b8-4+,13-9+. The third-order valence-electron chi connectivity index (χ3n) is 2.69. The lowest BCUT2D eigenvalue weighted by Crippen LogP contribution is -2.03. The van der Waals surface area contributed by atoms with Gasteiger partial charge in [0.1, 0.15) is 0 Å². The molecule has 0 saturated heterocycles. The first-order valence-corrected chi connectivity index (χ1v) is 6.11. The molecule has 2 heterocycles. The molecule has 0 radical (unpaired) electrons. The van der Waals surface area contributed by atoms with Gasteiger partial charge >= 0.3 is 5.97 Å². The van der Waals surface area contributed by atoms with E-state index in [9.17, 15) is 4.79 Å². The van der Waals surface area contributed by atoms with Crippen molar-refractivity contribution in [2.24, 2.45) is 4.99 Å². The zero-order chi connectivity index (χ0) is 13.8. The van der Waals surface area contributed by atoms with E-state index in [1.54, 1.807) is 24.3 Å². The highest BCUT2D eigenvalue weighted by atomic mass is 16.6. The first-order valence-electron chi connectivity index (χ1n) is 6.11. The van der Waals surface area contributed by atoms with Crippen LogP contribution in [0.4, 0.5) is 0 Å². The van der Waals surface area contributed by atoms with Crippen LogP contribution >= 0.6 is 0 Å². The van der Waals surface area contributed by atoms with E-state index < -0.39 is 5.97 Å². The van der Waals surface area contributed by atoms with Crippen LogP contribution in [0.15, 0.2) is 76.0 Å². The number of cyclic esters (lactones) is 1. The van der Waals surface area contributed by atoms with Crippen LogP contribution in [0, 0.1) is 0 Å². The molecule has 0 saturated carbocycles. The van der Waals surface area contributed by atoms with Crippen LogP contribution in [0.5, 0.6) is 0 Å². The molecule has 0 atom stereocenters. The number of ether oxygens (including phenoxy) is 1. The highest BCUT2D eigenvalue weighted by molar-refractivity contribution is 6.10. The number of aliphatic imine (C=N–C) groups is 1. The molecule has 4 nitrogen and oxygen atoms in total. The van der Waals surface area contributed by atoms with Crippen molar-refractivity contribution >= 4 is 17.9 Å². The first-order chi connectivity index (χ1) is 9.83. The third kappa shape index (κ3) is 2.59. The molecule has 4 heteroatoms. The fraction of sp³-hybridized carbons (Fsp3) is 0. The zero-order valence-electron chi connectivity index (χ0n) is 10.5. The molecule has 2 aromatic rings. The predicted octanol–water partition coefficient (Wildman–Crippen LogP) is 3.18. The van der Waals surface area contributed by atoms with Gasteiger partial charge in [0.15, 0.2) is 11.5 Å². The number of carbonyl (C=O) groups is 1. The highest BCUT2D eigenvalue weighted by Gasteiger charge is 2.25. The van der Waals surface area contributed by atoms with E-state index in [0.29, 0.717) is 5.76 Å². The number of benzene rings is 1. The summed E-state index contributed by atoms with van der Waals surface area (Å²) in [6, 6.07) is 13.2. The van der Waals surface area contributed by atoms with Gasteiger partial charge in [-0.2, -0.15) is 0 Å². The van der Waals surface area contributed by atoms with Gasteiger partial charge in [-0.15, -0.1) is 0 Å². The second-order valence-corrected chi connectivity index (χ2v) is 4.11. The zero-order valence-corrected chi connectivity index (χ0v) is 10.5. The van der Waals surface area contributed by atoms with E-state index in [4.69, 9.17) is 9.15 Å². The second-order valence-electron chi connectivity index (χ2n) is 4.11. The molecule has 1 aliphatic heterocycles. The summed E-state index contributed by atoms with van der Waals surface area (Å²) >= 11 is 0. The fourth-order valence-electron chi connectivity index (χ4n) is 1.74. The molecule has 0 aliphatic carbocycles. The summed E-state index contributed by atoms with van der Waals surface area (Å²) in [6.07, 6.45) is 6.77. The Morgan fingerprint density at radius 1 is 1.05 bits per heavy atom. The molecule has 0 N–H and O–H groups in total. The van der Waals surface area contributed by atoms with Crippen molar-refractivity contribution in [1.82, 2.24) is 0 Å². The minimum Gasteiger partial charge on any atom is -0.459 e. The van der Waals surface area contributed by atoms with Crippen molar-refractivity contribution in [1.29, 1.82) is 0 Å². The quantitative estimate of drug-likeness (QED) is 0.632. The number of rotatable bonds is 3. The Balaban J connectivity index is 1.78. The van der Waals surface area contributed by atoms with Gasteiger partial charge in [-0.05, 0) is 23.8 Å². The number of carbonyl (C=O) groups excluding carboxylic acids is 1. The molecule has 3 rings (SSSR count). The van der Waals surface area contributed by atoms with Gasteiger partial charge in [-0.1, -0.05) is 42.5 Å². The normalized spacial score (nSPS) is 16.7. The fourth-order valence-corrected chi connectivity index (χ4v) is 1.74. The smallest absolute Gasteiger partial charge is 0.363 e. The Labute approximate surface area is 115 Å². The van der Waals surface area contributed by atoms with Crippen LogP contribution in [0.2, 0.25) is 0 Å². The van der Waals surface area contributed by atoms with E-state index in [1.807, 2.05) is 36.4 Å². The summed E-state index contributed by atoms with van der Waals surface area (Å²) in [7, 11) is 0. The van der Waals surface area contributed by atoms with E-state index in [-0.39, 0.29) is 11.6 Å². The lowest BCUT2D eigenvalue weighted by molar-refractivity contribution is -0.130. The van der Waals surface area contributed by atoms with Gasteiger partial charge in [-0.3, -0.25) is 0 Å². The summed E-state index contributed by atoms with van der Waals surface area (Å²) in [5, 5.41) is 0. The number of nitrogens with zero attached hydrogens (tertiary/aromatic N) is 1. The minimum atomic E-state index is -0.478. The molecule has 0 bridgehead atoms. The summed E-state index contributed by atoms with van der Waals surface area (Å²) in [4.78, 5) is 15.7. The Hall–Kier alpha value is -2.88. The van der Waals surface area contributed by atoms with Gasteiger partial charge in [0.2, 0.25) is 0 Å². The monoisotopic (exact) mass is 265 g/mol. The topological polar surface area (TPSA) is 51.8 Å². The number of allylic oxidation sites excluding steroid dienone is 2. The average molecular weight is 265 g/mol. The number of furan rings is 1. The summed E-state index contributed by atoms with van der Waals surface area (Å²) in [5.41, 5.74) is 1.30. The Morgan fingerprint density at radius 2 is 1.90 bits per heavy atom. The van der Waals surface area contributed by atoms with E-state index >= 15 is 0 Å². The number of hydrogen-bond donors (Lipinski definition) is 0. The molecule has 1 aromatic heterocycles. The SMILES string of the molecule is O=C1OC(c2ccco2)=N/C1=C/C=C/c1ccccc1. The summed E-state index contributed by atoms with van der Waals surface area (Å²) in [6.45, 7) is 0. The molecule has 20 heavy (non-hydrogen) atoms.